The second-order valence-electron chi connectivity index (χ2n) is 4.28. The fraction of sp³-hybridized carbons (Fsp3) is 0.0625. The van der Waals surface area contributed by atoms with E-state index in [1.807, 2.05) is 18.2 Å². The molecule has 0 fully saturated rings. The van der Waals surface area contributed by atoms with Gasteiger partial charge in [0.1, 0.15) is 0 Å². The number of carbonyl (C=O) groups is 1. The molecule has 0 aliphatic carbocycles. The molecule has 2 nitrogen and oxygen atoms in total. The lowest BCUT2D eigenvalue weighted by molar-refractivity contribution is 0.104. The molecule has 0 aliphatic rings. The maximum absolute atomic E-state index is 12.0. The summed E-state index contributed by atoms with van der Waals surface area (Å²) in [4.78, 5) is 12.0. The van der Waals surface area contributed by atoms with Gasteiger partial charge in [-0.3, -0.25) is 4.79 Å². The predicted molar refractivity (Wildman–Crippen MR) is 84.6 cm³/mol. The Morgan fingerprint density at radius 2 is 1.60 bits per heavy atom. The van der Waals surface area contributed by atoms with Gasteiger partial charge in [0.2, 0.25) is 0 Å². The molecular weight excluding hydrogens is 293 g/mol. The minimum atomic E-state index is -0.0706. The number of para-hydroxylation sites is 1. The average molecular weight is 306 g/mol. The number of carbonyl (C=O) groups excluding carboxylic acids is 1. The molecule has 2 aromatic carbocycles. The standard InChI is InChI=1S/C16H13Cl2NO/c1-11(10-15(20)12-6-3-2-4-7-12)19-16-13(17)8-5-9-14(16)18/h2-10,19H,1H3/b11-10+. The van der Waals surface area contributed by atoms with Gasteiger partial charge < -0.3 is 5.32 Å². The number of rotatable bonds is 4. The highest BCUT2D eigenvalue weighted by Crippen LogP contribution is 2.30. The lowest BCUT2D eigenvalue weighted by Gasteiger charge is -2.10. The molecule has 2 rings (SSSR count). The third-order valence-electron chi connectivity index (χ3n) is 2.69. The normalized spacial score (nSPS) is 11.2. The van der Waals surface area contributed by atoms with Crippen LogP contribution in [0.1, 0.15) is 17.3 Å². The van der Waals surface area contributed by atoms with E-state index >= 15 is 0 Å². The van der Waals surface area contributed by atoms with Crippen LogP contribution in [0.3, 0.4) is 0 Å². The first-order chi connectivity index (χ1) is 9.58. The Morgan fingerprint density at radius 1 is 1.00 bits per heavy atom. The second kappa shape index (κ2) is 6.60. The van der Waals surface area contributed by atoms with E-state index in [2.05, 4.69) is 5.32 Å². The maximum atomic E-state index is 12.0. The van der Waals surface area contributed by atoms with Crippen LogP contribution < -0.4 is 5.32 Å². The van der Waals surface area contributed by atoms with Gasteiger partial charge in [-0.1, -0.05) is 59.6 Å². The number of hydrogen-bond acceptors (Lipinski definition) is 2. The van der Waals surface area contributed by atoms with E-state index in [0.717, 1.165) is 0 Å². The monoisotopic (exact) mass is 305 g/mol. The van der Waals surface area contributed by atoms with Crippen LogP contribution in [0.5, 0.6) is 0 Å². The van der Waals surface area contributed by atoms with Crippen molar-refractivity contribution in [3.05, 3.63) is 75.9 Å². The van der Waals surface area contributed by atoms with Gasteiger partial charge in [0.05, 0.1) is 15.7 Å². The van der Waals surface area contributed by atoms with Crippen LogP contribution >= 0.6 is 23.2 Å². The van der Waals surface area contributed by atoms with Gasteiger partial charge >= 0.3 is 0 Å². The van der Waals surface area contributed by atoms with E-state index in [0.29, 0.717) is 27.0 Å². The molecule has 0 radical (unpaired) electrons. The fourth-order valence-electron chi connectivity index (χ4n) is 1.73. The minimum Gasteiger partial charge on any atom is -0.357 e. The molecule has 0 unspecified atom stereocenters. The summed E-state index contributed by atoms with van der Waals surface area (Å²) in [6, 6.07) is 14.3. The summed E-state index contributed by atoms with van der Waals surface area (Å²) in [5.74, 6) is -0.0706. The van der Waals surface area contributed by atoms with Gasteiger partial charge in [0.25, 0.3) is 0 Å². The van der Waals surface area contributed by atoms with Crippen molar-refractivity contribution in [1.82, 2.24) is 0 Å². The first-order valence-electron chi connectivity index (χ1n) is 6.06. The zero-order chi connectivity index (χ0) is 14.5. The average Bonchev–Trinajstić information content (AvgIpc) is 2.44. The number of nitrogens with one attached hydrogen (secondary N) is 1. The Morgan fingerprint density at radius 3 is 2.20 bits per heavy atom. The number of allylic oxidation sites excluding steroid dienone is 2. The minimum absolute atomic E-state index is 0.0706. The number of ketones is 1. The lowest BCUT2D eigenvalue weighted by atomic mass is 10.1. The number of hydrogen-bond donors (Lipinski definition) is 1. The van der Waals surface area contributed by atoms with Crippen LogP contribution in [0.15, 0.2) is 60.3 Å². The van der Waals surface area contributed by atoms with Gasteiger partial charge in [-0.15, -0.1) is 0 Å². The maximum Gasteiger partial charge on any atom is 0.187 e. The number of halogens is 2. The van der Waals surface area contributed by atoms with Crippen LogP contribution in [-0.4, -0.2) is 5.78 Å². The van der Waals surface area contributed by atoms with Crippen molar-refractivity contribution >= 4 is 34.7 Å². The molecule has 0 atom stereocenters. The quantitative estimate of drug-likeness (QED) is 0.622. The second-order valence-corrected chi connectivity index (χ2v) is 5.09. The highest BCUT2D eigenvalue weighted by molar-refractivity contribution is 6.39. The van der Waals surface area contributed by atoms with Crippen molar-refractivity contribution in [2.45, 2.75) is 6.92 Å². The third-order valence-corrected chi connectivity index (χ3v) is 3.32. The largest absolute Gasteiger partial charge is 0.357 e. The summed E-state index contributed by atoms with van der Waals surface area (Å²) in [5, 5.41) is 4.08. The van der Waals surface area contributed by atoms with Gasteiger partial charge in [-0.05, 0) is 19.1 Å². The van der Waals surface area contributed by atoms with Crippen molar-refractivity contribution in [2.75, 3.05) is 5.32 Å². The summed E-state index contributed by atoms with van der Waals surface area (Å²) >= 11 is 12.1. The summed E-state index contributed by atoms with van der Waals surface area (Å²) in [7, 11) is 0. The van der Waals surface area contributed by atoms with Gasteiger partial charge in [-0.25, -0.2) is 0 Å². The number of benzene rings is 2. The zero-order valence-electron chi connectivity index (χ0n) is 10.9. The van der Waals surface area contributed by atoms with E-state index in [1.165, 1.54) is 6.08 Å². The first kappa shape index (κ1) is 14.6. The predicted octanol–water partition coefficient (Wildman–Crippen LogP) is 5.19. The lowest BCUT2D eigenvalue weighted by Crippen LogP contribution is -2.02. The van der Waals surface area contributed by atoms with Crippen LogP contribution in [0.2, 0.25) is 10.0 Å². The molecule has 0 aromatic heterocycles. The molecule has 0 heterocycles. The van der Waals surface area contributed by atoms with Crippen molar-refractivity contribution in [3.63, 3.8) is 0 Å². The van der Waals surface area contributed by atoms with Gasteiger partial charge in [-0.2, -0.15) is 0 Å². The Hall–Kier alpha value is -1.77. The molecule has 0 saturated carbocycles. The molecule has 102 valence electrons. The van der Waals surface area contributed by atoms with Crippen LogP contribution in [0.25, 0.3) is 0 Å². The highest BCUT2D eigenvalue weighted by atomic mass is 35.5. The van der Waals surface area contributed by atoms with Gasteiger partial charge in [0, 0.05) is 17.3 Å². The summed E-state index contributed by atoms with van der Waals surface area (Å²) in [5.41, 5.74) is 1.92. The van der Waals surface area contributed by atoms with Crippen molar-refractivity contribution in [2.24, 2.45) is 0 Å². The Labute approximate surface area is 128 Å². The first-order valence-corrected chi connectivity index (χ1v) is 6.82. The smallest absolute Gasteiger partial charge is 0.187 e. The fourth-order valence-corrected chi connectivity index (χ4v) is 2.22. The van der Waals surface area contributed by atoms with Gasteiger partial charge in [0.15, 0.2) is 5.78 Å². The molecular formula is C16H13Cl2NO. The van der Waals surface area contributed by atoms with Crippen molar-refractivity contribution < 1.29 is 4.79 Å². The Bertz CT molecular complexity index is 631. The molecule has 0 amide bonds. The molecule has 0 saturated heterocycles. The molecule has 0 bridgehead atoms. The summed E-state index contributed by atoms with van der Waals surface area (Å²) < 4.78 is 0. The zero-order valence-corrected chi connectivity index (χ0v) is 12.4. The molecule has 0 spiro atoms. The van der Waals surface area contributed by atoms with Crippen LogP contribution in [-0.2, 0) is 0 Å². The third kappa shape index (κ3) is 3.62. The topological polar surface area (TPSA) is 29.1 Å². The summed E-state index contributed by atoms with van der Waals surface area (Å²) in [6.45, 7) is 1.79. The highest BCUT2D eigenvalue weighted by Gasteiger charge is 2.07. The SMILES string of the molecule is C/C(=C\C(=O)c1ccccc1)Nc1c(Cl)cccc1Cl. The molecule has 4 heteroatoms. The Kier molecular flexibility index (Phi) is 4.83. The molecule has 0 aliphatic heterocycles. The molecule has 20 heavy (non-hydrogen) atoms. The molecule has 2 aromatic rings. The summed E-state index contributed by atoms with van der Waals surface area (Å²) in [6.07, 6.45) is 1.52. The van der Waals surface area contributed by atoms with E-state index in [-0.39, 0.29) is 5.78 Å². The van der Waals surface area contributed by atoms with Crippen molar-refractivity contribution in [1.29, 1.82) is 0 Å². The Balaban J connectivity index is 2.18. The van der Waals surface area contributed by atoms with Crippen LogP contribution in [0.4, 0.5) is 5.69 Å². The molecule has 1 N–H and O–H groups in total. The van der Waals surface area contributed by atoms with E-state index < -0.39 is 0 Å². The van der Waals surface area contributed by atoms with E-state index in [4.69, 9.17) is 23.2 Å². The van der Waals surface area contributed by atoms with Crippen molar-refractivity contribution in [3.8, 4) is 0 Å². The van der Waals surface area contributed by atoms with E-state index in [1.54, 1.807) is 37.3 Å². The van der Waals surface area contributed by atoms with Crippen LogP contribution in [0, 0.1) is 0 Å². The van der Waals surface area contributed by atoms with E-state index in [9.17, 15) is 4.79 Å². The number of anilines is 1.